The zero-order valence-corrected chi connectivity index (χ0v) is 9.70. The van der Waals surface area contributed by atoms with E-state index in [0.717, 1.165) is 16.2 Å². The first-order chi connectivity index (χ1) is 7.99. The van der Waals surface area contributed by atoms with E-state index in [1.54, 1.807) is 25.1 Å². The van der Waals surface area contributed by atoms with Crippen LogP contribution in [0.25, 0.3) is 5.69 Å². The van der Waals surface area contributed by atoms with Crippen molar-refractivity contribution in [3.63, 3.8) is 0 Å². The fraction of sp³-hybridized carbons (Fsp3) is 0.0909. The van der Waals surface area contributed by atoms with Gasteiger partial charge in [0.05, 0.1) is 11.8 Å². The molecule has 0 fully saturated rings. The SMILES string of the molecule is Cc1cc(-n2c(N)nc(F)cc2=O)ccc1Cl. The van der Waals surface area contributed by atoms with Gasteiger partial charge in [0.25, 0.3) is 5.56 Å². The lowest BCUT2D eigenvalue weighted by Gasteiger charge is -2.09. The van der Waals surface area contributed by atoms with Crippen LogP contribution in [0.3, 0.4) is 0 Å². The first-order valence-corrected chi connectivity index (χ1v) is 5.18. The number of aromatic nitrogens is 2. The fourth-order valence-electron chi connectivity index (χ4n) is 1.50. The molecule has 0 amide bonds. The van der Waals surface area contributed by atoms with Crippen molar-refractivity contribution in [3.05, 3.63) is 51.2 Å². The number of nitrogens with two attached hydrogens (primary N) is 1. The van der Waals surface area contributed by atoms with Gasteiger partial charge in [0.1, 0.15) is 0 Å². The molecule has 4 nitrogen and oxygen atoms in total. The van der Waals surface area contributed by atoms with Crippen molar-refractivity contribution in [2.24, 2.45) is 0 Å². The molecule has 0 aliphatic heterocycles. The Bertz CT molecular complexity index is 639. The molecular formula is C11H9ClFN3O. The number of benzene rings is 1. The minimum atomic E-state index is -0.894. The fourth-order valence-corrected chi connectivity index (χ4v) is 1.62. The van der Waals surface area contributed by atoms with Crippen LogP contribution < -0.4 is 11.3 Å². The van der Waals surface area contributed by atoms with Gasteiger partial charge in [-0.2, -0.15) is 9.37 Å². The minimum Gasteiger partial charge on any atom is -0.369 e. The van der Waals surface area contributed by atoms with E-state index in [4.69, 9.17) is 17.3 Å². The molecule has 0 radical (unpaired) electrons. The van der Waals surface area contributed by atoms with Crippen LogP contribution in [0.2, 0.25) is 5.02 Å². The van der Waals surface area contributed by atoms with E-state index >= 15 is 0 Å². The normalized spacial score (nSPS) is 10.5. The van der Waals surface area contributed by atoms with Crippen molar-refractivity contribution in [2.45, 2.75) is 6.92 Å². The van der Waals surface area contributed by atoms with Crippen LogP contribution in [0.5, 0.6) is 0 Å². The van der Waals surface area contributed by atoms with Crippen LogP contribution >= 0.6 is 11.6 Å². The summed E-state index contributed by atoms with van der Waals surface area (Å²) in [7, 11) is 0. The summed E-state index contributed by atoms with van der Waals surface area (Å²) in [6.45, 7) is 1.80. The van der Waals surface area contributed by atoms with Crippen molar-refractivity contribution in [1.82, 2.24) is 9.55 Å². The maximum atomic E-state index is 12.8. The molecule has 0 atom stereocenters. The van der Waals surface area contributed by atoms with Crippen LogP contribution in [-0.2, 0) is 0 Å². The van der Waals surface area contributed by atoms with Crippen molar-refractivity contribution in [1.29, 1.82) is 0 Å². The van der Waals surface area contributed by atoms with Gasteiger partial charge in [-0.1, -0.05) is 11.6 Å². The van der Waals surface area contributed by atoms with E-state index in [0.29, 0.717) is 10.7 Å². The quantitative estimate of drug-likeness (QED) is 0.790. The van der Waals surface area contributed by atoms with Gasteiger partial charge in [0.2, 0.25) is 11.9 Å². The highest BCUT2D eigenvalue weighted by Crippen LogP contribution is 2.19. The van der Waals surface area contributed by atoms with Crippen molar-refractivity contribution in [3.8, 4) is 5.69 Å². The van der Waals surface area contributed by atoms with Gasteiger partial charge < -0.3 is 5.73 Å². The highest BCUT2D eigenvalue weighted by atomic mass is 35.5. The van der Waals surface area contributed by atoms with Crippen molar-refractivity contribution >= 4 is 17.5 Å². The maximum Gasteiger partial charge on any atom is 0.262 e. The molecule has 1 heterocycles. The van der Waals surface area contributed by atoms with E-state index in [1.165, 1.54) is 0 Å². The predicted octanol–water partition coefficient (Wildman–Crippen LogP) is 1.92. The Morgan fingerprint density at radius 2 is 2.12 bits per heavy atom. The zero-order valence-electron chi connectivity index (χ0n) is 8.95. The Kier molecular flexibility index (Phi) is 2.85. The Morgan fingerprint density at radius 1 is 1.41 bits per heavy atom. The van der Waals surface area contributed by atoms with Crippen molar-refractivity contribution < 1.29 is 4.39 Å². The molecule has 17 heavy (non-hydrogen) atoms. The number of anilines is 1. The standard InChI is InChI=1S/C11H9ClFN3O/c1-6-4-7(2-3-8(6)12)16-10(17)5-9(13)15-11(16)14/h2-5H,1H3,(H2,14,15). The van der Waals surface area contributed by atoms with E-state index in [-0.39, 0.29) is 5.95 Å². The molecule has 0 unspecified atom stereocenters. The molecule has 6 heteroatoms. The molecule has 0 aliphatic rings. The summed E-state index contributed by atoms with van der Waals surface area (Å²) in [6.07, 6.45) is 0. The molecule has 2 N–H and O–H groups in total. The lowest BCUT2D eigenvalue weighted by atomic mass is 10.2. The van der Waals surface area contributed by atoms with Gasteiger partial charge in [-0.05, 0) is 30.7 Å². The lowest BCUT2D eigenvalue weighted by molar-refractivity contribution is 0.575. The second-order valence-corrected chi connectivity index (χ2v) is 3.95. The molecule has 2 rings (SSSR count). The third-order valence-electron chi connectivity index (χ3n) is 2.31. The smallest absolute Gasteiger partial charge is 0.262 e. The summed E-state index contributed by atoms with van der Waals surface area (Å²) in [4.78, 5) is 15.0. The first kappa shape index (κ1) is 11.6. The Hall–Kier alpha value is -1.88. The van der Waals surface area contributed by atoms with Gasteiger partial charge in [0.15, 0.2) is 0 Å². The van der Waals surface area contributed by atoms with Gasteiger partial charge in [-0.3, -0.25) is 4.79 Å². The molecule has 0 bridgehead atoms. The number of nitrogens with zero attached hydrogens (tertiary/aromatic N) is 2. The Labute approximate surface area is 101 Å². The van der Waals surface area contributed by atoms with Crippen LogP contribution in [0.4, 0.5) is 10.3 Å². The highest BCUT2D eigenvalue weighted by molar-refractivity contribution is 6.31. The third kappa shape index (κ3) is 2.14. The summed E-state index contributed by atoms with van der Waals surface area (Å²) < 4.78 is 14.0. The molecule has 0 saturated heterocycles. The molecule has 0 saturated carbocycles. The molecule has 0 aliphatic carbocycles. The molecule has 1 aromatic carbocycles. The number of hydrogen-bond donors (Lipinski definition) is 1. The number of rotatable bonds is 1. The molecule has 2 aromatic rings. The van der Waals surface area contributed by atoms with Crippen LogP contribution in [0, 0.1) is 12.9 Å². The highest BCUT2D eigenvalue weighted by Gasteiger charge is 2.08. The molecule has 88 valence electrons. The summed E-state index contributed by atoms with van der Waals surface area (Å²) >= 11 is 5.88. The van der Waals surface area contributed by atoms with E-state index in [9.17, 15) is 9.18 Å². The monoisotopic (exact) mass is 253 g/mol. The maximum absolute atomic E-state index is 12.8. The number of aryl methyl sites for hydroxylation is 1. The van der Waals surface area contributed by atoms with E-state index in [1.807, 2.05) is 0 Å². The summed E-state index contributed by atoms with van der Waals surface area (Å²) in [5.74, 6) is -1.09. The summed E-state index contributed by atoms with van der Waals surface area (Å²) in [5, 5.41) is 0.579. The van der Waals surface area contributed by atoms with Gasteiger partial charge >= 0.3 is 0 Å². The summed E-state index contributed by atoms with van der Waals surface area (Å²) in [6, 6.07) is 5.72. The number of hydrogen-bond acceptors (Lipinski definition) is 3. The lowest BCUT2D eigenvalue weighted by Crippen LogP contribution is -2.23. The third-order valence-corrected chi connectivity index (χ3v) is 2.74. The average molecular weight is 254 g/mol. The topological polar surface area (TPSA) is 60.9 Å². The molecule has 1 aromatic heterocycles. The first-order valence-electron chi connectivity index (χ1n) is 4.80. The van der Waals surface area contributed by atoms with Crippen LogP contribution in [0.15, 0.2) is 29.1 Å². The van der Waals surface area contributed by atoms with E-state index in [2.05, 4.69) is 4.98 Å². The van der Waals surface area contributed by atoms with Gasteiger partial charge in [-0.25, -0.2) is 4.57 Å². The van der Waals surface area contributed by atoms with E-state index < -0.39 is 11.5 Å². The average Bonchev–Trinajstić information content (AvgIpc) is 2.21. The predicted molar refractivity (Wildman–Crippen MR) is 64.0 cm³/mol. The summed E-state index contributed by atoms with van der Waals surface area (Å²) in [5.41, 5.74) is 6.24. The van der Waals surface area contributed by atoms with Crippen molar-refractivity contribution in [2.75, 3.05) is 5.73 Å². The van der Waals surface area contributed by atoms with Gasteiger partial charge in [0, 0.05) is 5.02 Å². The second kappa shape index (κ2) is 4.18. The number of halogens is 2. The molecule has 0 spiro atoms. The zero-order chi connectivity index (χ0) is 12.6. The van der Waals surface area contributed by atoms with Crippen LogP contribution in [0.1, 0.15) is 5.56 Å². The number of nitrogen functional groups attached to an aromatic ring is 1. The second-order valence-electron chi connectivity index (χ2n) is 3.54. The van der Waals surface area contributed by atoms with Crippen LogP contribution in [-0.4, -0.2) is 9.55 Å². The largest absolute Gasteiger partial charge is 0.369 e. The molecular weight excluding hydrogens is 245 g/mol. The Morgan fingerprint density at radius 3 is 2.71 bits per heavy atom. The minimum absolute atomic E-state index is 0.197. The Balaban J connectivity index is 2.69. The van der Waals surface area contributed by atoms with Gasteiger partial charge in [-0.15, -0.1) is 0 Å².